The van der Waals surface area contributed by atoms with Gasteiger partial charge in [0.2, 0.25) is 0 Å². The summed E-state index contributed by atoms with van der Waals surface area (Å²) >= 11 is 0. The summed E-state index contributed by atoms with van der Waals surface area (Å²) in [4.78, 5) is 6.32. The second-order valence-corrected chi connectivity index (χ2v) is 3.74. The molecule has 0 radical (unpaired) electrons. The van der Waals surface area contributed by atoms with E-state index in [1.54, 1.807) is 0 Å². The van der Waals surface area contributed by atoms with E-state index in [2.05, 4.69) is 9.88 Å². The molecule has 84 valence electrons. The van der Waals surface area contributed by atoms with Crippen LogP contribution in [0.3, 0.4) is 0 Å². The summed E-state index contributed by atoms with van der Waals surface area (Å²) in [5.74, 6) is 0.846. The maximum atomic E-state index is 9.19. The van der Waals surface area contributed by atoms with Gasteiger partial charge < -0.3 is 14.3 Å². The molecule has 5 nitrogen and oxygen atoms in total. The summed E-state index contributed by atoms with van der Waals surface area (Å²) in [6.07, 6.45) is 1.46. The van der Waals surface area contributed by atoms with Gasteiger partial charge in [0.05, 0.1) is 31.6 Å². The zero-order valence-corrected chi connectivity index (χ0v) is 8.85. The molecule has 1 N–H and O–H groups in total. The van der Waals surface area contributed by atoms with E-state index in [0.29, 0.717) is 13.2 Å². The molecule has 0 aromatic carbocycles. The number of ether oxygens (including phenoxy) is 1. The first-order chi connectivity index (χ1) is 7.31. The number of rotatable bonds is 3. The molecule has 5 heteroatoms. The lowest BCUT2D eigenvalue weighted by atomic mass is 10.2. The second-order valence-electron chi connectivity index (χ2n) is 3.74. The first-order valence-corrected chi connectivity index (χ1v) is 5.13. The Morgan fingerprint density at radius 3 is 3.20 bits per heavy atom. The highest BCUT2D eigenvalue weighted by atomic mass is 16.5. The number of aromatic nitrogens is 1. The third kappa shape index (κ3) is 2.37. The van der Waals surface area contributed by atoms with Crippen molar-refractivity contribution in [3.63, 3.8) is 0 Å². The molecule has 1 aromatic rings. The van der Waals surface area contributed by atoms with Crippen LogP contribution in [-0.4, -0.2) is 47.4 Å². The Morgan fingerprint density at radius 1 is 1.67 bits per heavy atom. The van der Waals surface area contributed by atoms with Gasteiger partial charge in [-0.15, -0.1) is 0 Å². The van der Waals surface area contributed by atoms with Crippen molar-refractivity contribution in [3.8, 4) is 0 Å². The molecule has 2 heterocycles. The number of oxazole rings is 1. The van der Waals surface area contributed by atoms with E-state index in [9.17, 15) is 5.11 Å². The number of aryl methyl sites for hydroxylation is 1. The number of hydrogen-bond acceptors (Lipinski definition) is 5. The quantitative estimate of drug-likeness (QED) is 0.774. The molecule has 1 fully saturated rings. The fourth-order valence-corrected chi connectivity index (χ4v) is 1.74. The topological polar surface area (TPSA) is 58.7 Å². The van der Waals surface area contributed by atoms with Gasteiger partial charge in [-0.05, 0) is 6.92 Å². The van der Waals surface area contributed by atoms with E-state index in [-0.39, 0.29) is 12.6 Å². The van der Waals surface area contributed by atoms with E-state index in [0.717, 1.165) is 24.5 Å². The largest absolute Gasteiger partial charge is 0.448 e. The first kappa shape index (κ1) is 10.6. The Balaban J connectivity index is 2.00. The number of aliphatic hydroxyl groups is 1. The highest BCUT2D eigenvalue weighted by Gasteiger charge is 2.23. The molecule has 0 aliphatic carbocycles. The number of nitrogens with zero attached hydrogens (tertiary/aromatic N) is 2. The lowest BCUT2D eigenvalue weighted by molar-refractivity contribution is -0.0318. The number of morpholine rings is 1. The Kier molecular flexibility index (Phi) is 3.35. The summed E-state index contributed by atoms with van der Waals surface area (Å²) in [5.41, 5.74) is 0.940. The van der Waals surface area contributed by atoms with Crippen LogP contribution in [0.25, 0.3) is 0 Å². The molecule has 0 amide bonds. The van der Waals surface area contributed by atoms with Crippen molar-refractivity contribution >= 4 is 0 Å². The fraction of sp³-hybridized carbons (Fsp3) is 0.700. The molecule has 15 heavy (non-hydrogen) atoms. The van der Waals surface area contributed by atoms with Crippen LogP contribution < -0.4 is 0 Å². The van der Waals surface area contributed by atoms with Gasteiger partial charge in [-0.25, -0.2) is 4.98 Å². The Morgan fingerprint density at radius 2 is 2.53 bits per heavy atom. The standard InChI is InChI=1S/C10H16N2O3/c1-8-10(11-7-15-8)4-12-2-3-14-6-9(12)5-13/h7,9,13H,2-6H2,1H3. The minimum absolute atomic E-state index is 0.0786. The van der Waals surface area contributed by atoms with E-state index in [1.165, 1.54) is 6.39 Å². The maximum Gasteiger partial charge on any atom is 0.181 e. The van der Waals surface area contributed by atoms with E-state index in [4.69, 9.17) is 9.15 Å². The van der Waals surface area contributed by atoms with Crippen LogP contribution in [0.2, 0.25) is 0 Å². The molecule has 1 atom stereocenters. The van der Waals surface area contributed by atoms with Gasteiger partial charge in [-0.3, -0.25) is 4.90 Å². The zero-order valence-electron chi connectivity index (χ0n) is 8.85. The summed E-state index contributed by atoms with van der Waals surface area (Å²) in [6.45, 7) is 4.88. The van der Waals surface area contributed by atoms with Gasteiger partial charge in [0.15, 0.2) is 6.39 Å². The smallest absolute Gasteiger partial charge is 0.181 e. The molecular weight excluding hydrogens is 196 g/mol. The highest BCUT2D eigenvalue weighted by Crippen LogP contribution is 2.13. The third-order valence-corrected chi connectivity index (χ3v) is 2.76. The maximum absolute atomic E-state index is 9.19. The molecule has 1 aliphatic rings. The molecule has 1 saturated heterocycles. The van der Waals surface area contributed by atoms with Crippen LogP contribution in [-0.2, 0) is 11.3 Å². The average molecular weight is 212 g/mol. The molecule has 1 unspecified atom stereocenters. The summed E-state index contributed by atoms with van der Waals surface area (Å²) in [7, 11) is 0. The van der Waals surface area contributed by atoms with Gasteiger partial charge in [-0.2, -0.15) is 0 Å². The molecule has 0 bridgehead atoms. The van der Waals surface area contributed by atoms with Crippen molar-refractivity contribution in [2.45, 2.75) is 19.5 Å². The number of aliphatic hydroxyl groups excluding tert-OH is 1. The second kappa shape index (κ2) is 4.74. The highest BCUT2D eigenvalue weighted by molar-refractivity contribution is 5.04. The van der Waals surface area contributed by atoms with Gasteiger partial charge in [0.25, 0.3) is 0 Å². The van der Waals surface area contributed by atoms with Crippen molar-refractivity contribution in [2.24, 2.45) is 0 Å². The third-order valence-electron chi connectivity index (χ3n) is 2.76. The molecule has 2 rings (SSSR count). The minimum Gasteiger partial charge on any atom is -0.448 e. The predicted octanol–water partition coefficient (Wildman–Crippen LogP) is 0.176. The lowest BCUT2D eigenvalue weighted by Crippen LogP contribution is -2.46. The van der Waals surface area contributed by atoms with E-state index in [1.807, 2.05) is 6.92 Å². The lowest BCUT2D eigenvalue weighted by Gasteiger charge is -2.33. The van der Waals surface area contributed by atoms with Crippen LogP contribution in [0, 0.1) is 6.92 Å². The first-order valence-electron chi connectivity index (χ1n) is 5.13. The minimum atomic E-state index is 0.0786. The molecule has 0 spiro atoms. The van der Waals surface area contributed by atoms with Gasteiger partial charge in [0.1, 0.15) is 5.76 Å². The van der Waals surface area contributed by atoms with Crippen LogP contribution in [0.1, 0.15) is 11.5 Å². The van der Waals surface area contributed by atoms with Crippen LogP contribution in [0.15, 0.2) is 10.8 Å². The van der Waals surface area contributed by atoms with E-state index < -0.39 is 0 Å². The normalized spacial score (nSPS) is 23.2. The summed E-state index contributed by atoms with van der Waals surface area (Å²) < 4.78 is 10.5. The Labute approximate surface area is 88.7 Å². The van der Waals surface area contributed by atoms with E-state index >= 15 is 0 Å². The van der Waals surface area contributed by atoms with Crippen molar-refractivity contribution in [1.82, 2.24) is 9.88 Å². The fourth-order valence-electron chi connectivity index (χ4n) is 1.74. The molecule has 1 aromatic heterocycles. The van der Waals surface area contributed by atoms with Crippen LogP contribution in [0.4, 0.5) is 0 Å². The van der Waals surface area contributed by atoms with Gasteiger partial charge in [-0.1, -0.05) is 0 Å². The molecule has 1 aliphatic heterocycles. The summed E-state index contributed by atoms with van der Waals surface area (Å²) in [5, 5.41) is 9.19. The van der Waals surface area contributed by atoms with Crippen molar-refractivity contribution in [2.75, 3.05) is 26.4 Å². The van der Waals surface area contributed by atoms with Crippen LogP contribution in [0.5, 0.6) is 0 Å². The van der Waals surface area contributed by atoms with Crippen molar-refractivity contribution in [3.05, 3.63) is 17.8 Å². The van der Waals surface area contributed by atoms with Gasteiger partial charge >= 0.3 is 0 Å². The Bertz CT molecular complexity index is 313. The van der Waals surface area contributed by atoms with Crippen LogP contribution >= 0.6 is 0 Å². The number of hydrogen-bond donors (Lipinski definition) is 1. The van der Waals surface area contributed by atoms with Crippen molar-refractivity contribution < 1.29 is 14.3 Å². The monoisotopic (exact) mass is 212 g/mol. The Hall–Kier alpha value is -0.910. The average Bonchev–Trinajstić information content (AvgIpc) is 2.65. The SMILES string of the molecule is Cc1ocnc1CN1CCOCC1CO. The van der Waals surface area contributed by atoms with Gasteiger partial charge in [0, 0.05) is 13.1 Å². The predicted molar refractivity (Wildman–Crippen MR) is 53.3 cm³/mol. The molecule has 0 saturated carbocycles. The van der Waals surface area contributed by atoms with Crippen molar-refractivity contribution in [1.29, 1.82) is 0 Å². The molecular formula is C10H16N2O3. The summed E-state index contributed by atoms with van der Waals surface area (Å²) in [6, 6.07) is 0.0786. The zero-order chi connectivity index (χ0) is 10.7.